The first-order valence-electron chi connectivity index (χ1n) is 6.96. The van der Waals surface area contributed by atoms with E-state index in [1.807, 2.05) is 18.2 Å². The summed E-state index contributed by atoms with van der Waals surface area (Å²) in [5, 5.41) is 4.20. The van der Waals surface area contributed by atoms with E-state index in [-0.39, 0.29) is 0 Å². The van der Waals surface area contributed by atoms with Crippen molar-refractivity contribution in [3.8, 4) is 0 Å². The van der Waals surface area contributed by atoms with Gasteiger partial charge in [0, 0.05) is 22.8 Å². The Bertz CT molecular complexity index is 503. The molecule has 2 bridgehead atoms. The summed E-state index contributed by atoms with van der Waals surface area (Å²) in [4.78, 5) is 0.401. The molecular formula is C15H19ClN2S. The zero-order valence-corrected chi connectivity index (χ0v) is 12.4. The van der Waals surface area contributed by atoms with Crippen LogP contribution in [0.25, 0.3) is 0 Å². The number of halogens is 1. The van der Waals surface area contributed by atoms with E-state index in [1.165, 1.54) is 25.7 Å². The number of thiocarbonyl (C=S) groups is 1. The molecule has 0 amide bonds. The summed E-state index contributed by atoms with van der Waals surface area (Å²) in [6, 6.07) is 5.70. The minimum atomic E-state index is 0.401. The topological polar surface area (TPSA) is 38.0 Å². The second-order valence-electron chi connectivity index (χ2n) is 5.87. The summed E-state index contributed by atoms with van der Waals surface area (Å²) < 4.78 is 0. The molecule has 2 saturated carbocycles. The maximum Gasteiger partial charge on any atom is 0.106 e. The zero-order chi connectivity index (χ0) is 13.4. The van der Waals surface area contributed by atoms with Crippen LogP contribution in [0.1, 0.15) is 31.2 Å². The molecule has 0 spiro atoms. The predicted octanol–water partition coefficient (Wildman–Crippen LogP) is 3.82. The Labute approximate surface area is 124 Å². The molecule has 2 fully saturated rings. The van der Waals surface area contributed by atoms with Crippen molar-refractivity contribution < 1.29 is 0 Å². The summed E-state index contributed by atoms with van der Waals surface area (Å²) >= 11 is 11.1. The number of anilines is 1. The van der Waals surface area contributed by atoms with Crippen molar-refractivity contribution in [2.45, 2.75) is 25.7 Å². The third kappa shape index (κ3) is 2.72. The summed E-state index contributed by atoms with van der Waals surface area (Å²) in [6.07, 6.45) is 5.68. The molecule has 2 aliphatic carbocycles. The normalized spacial score (nSPS) is 28.6. The van der Waals surface area contributed by atoms with Gasteiger partial charge in [-0.15, -0.1) is 0 Å². The fourth-order valence-electron chi connectivity index (χ4n) is 3.74. The Balaban J connectivity index is 1.68. The lowest BCUT2D eigenvalue weighted by Gasteiger charge is -2.23. The average Bonchev–Trinajstić information content (AvgIpc) is 2.99. The Morgan fingerprint density at radius 2 is 2.21 bits per heavy atom. The Morgan fingerprint density at radius 3 is 2.84 bits per heavy atom. The van der Waals surface area contributed by atoms with Crippen LogP contribution in [0, 0.1) is 17.8 Å². The van der Waals surface area contributed by atoms with E-state index in [9.17, 15) is 0 Å². The van der Waals surface area contributed by atoms with E-state index < -0.39 is 0 Å². The van der Waals surface area contributed by atoms with Gasteiger partial charge in [-0.1, -0.05) is 30.2 Å². The standard InChI is InChI=1S/C15H19ClN2S/c16-12-3-4-14(13(7-12)15(17)19)18-8-11-6-9-1-2-10(11)5-9/h3-4,7,9-11,18H,1-2,5-6,8H2,(H2,17,19). The molecule has 0 radical (unpaired) electrons. The lowest BCUT2D eigenvalue weighted by molar-refractivity contribution is 0.348. The highest BCUT2D eigenvalue weighted by Gasteiger charge is 2.39. The molecule has 4 heteroatoms. The molecule has 1 aromatic rings. The molecule has 3 rings (SSSR count). The maximum atomic E-state index is 6.00. The molecule has 2 nitrogen and oxygen atoms in total. The van der Waals surface area contributed by atoms with Crippen LogP contribution in [0.5, 0.6) is 0 Å². The molecule has 3 N–H and O–H groups in total. The first kappa shape index (κ1) is 13.2. The Morgan fingerprint density at radius 1 is 1.37 bits per heavy atom. The number of hydrogen-bond acceptors (Lipinski definition) is 2. The minimum Gasteiger partial charge on any atom is -0.389 e. The third-order valence-electron chi connectivity index (χ3n) is 4.69. The van der Waals surface area contributed by atoms with Crippen LogP contribution in [0.4, 0.5) is 5.69 Å². The molecule has 0 saturated heterocycles. The van der Waals surface area contributed by atoms with Gasteiger partial charge in [-0.05, 0) is 55.2 Å². The monoisotopic (exact) mass is 294 g/mol. The van der Waals surface area contributed by atoms with Crippen LogP contribution < -0.4 is 11.1 Å². The van der Waals surface area contributed by atoms with Gasteiger partial charge in [-0.25, -0.2) is 0 Å². The first-order valence-corrected chi connectivity index (χ1v) is 7.75. The number of nitrogens with one attached hydrogen (secondary N) is 1. The Kier molecular flexibility index (Phi) is 3.68. The van der Waals surface area contributed by atoms with Gasteiger partial charge in [-0.2, -0.15) is 0 Å². The van der Waals surface area contributed by atoms with E-state index >= 15 is 0 Å². The van der Waals surface area contributed by atoms with Gasteiger partial charge in [0.25, 0.3) is 0 Å². The molecular weight excluding hydrogens is 276 g/mol. The SMILES string of the molecule is NC(=S)c1cc(Cl)ccc1NCC1CC2CCC1C2. The van der Waals surface area contributed by atoms with Crippen LogP contribution >= 0.6 is 23.8 Å². The maximum absolute atomic E-state index is 6.00. The number of rotatable bonds is 4. The van der Waals surface area contributed by atoms with Gasteiger partial charge in [0.2, 0.25) is 0 Å². The Hall–Kier alpha value is -0.800. The third-order valence-corrected chi connectivity index (χ3v) is 5.14. The van der Waals surface area contributed by atoms with Crippen LogP contribution in [-0.2, 0) is 0 Å². The van der Waals surface area contributed by atoms with Gasteiger partial charge in [0.05, 0.1) is 0 Å². The van der Waals surface area contributed by atoms with Crippen molar-refractivity contribution in [1.82, 2.24) is 0 Å². The lowest BCUT2D eigenvalue weighted by atomic mass is 9.89. The fraction of sp³-hybridized carbons (Fsp3) is 0.533. The van der Waals surface area contributed by atoms with Gasteiger partial charge in [0.1, 0.15) is 4.99 Å². The minimum absolute atomic E-state index is 0.401. The van der Waals surface area contributed by atoms with Crippen molar-refractivity contribution in [3.63, 3.8) is 0 Å². The average molecular weight is 295 g/mol. The number of hydrogen-bond donors (Lipinski definition) is 2. The van der Waals surface area contributed by atoms with Crippen LogP contribution in [0.2, 0.25) is 5.02 Å². The van der Waals surface area contributed by atoms with E-state index in [0.29, 0.717) is 10.0 Å². The molecule has 19 heavy (non-hydrogen) atoms. The fourth-order valence-corrected chi connectivity index (χ4v) is 4.08. The smallest absolute Gasteiger partial charge is 0.106 e. The second kappa shape index (κ2) is 5.29. The summed E-state index contributed by atoms with van der Waals surface area (Å²) in [5.41, 5.74) is 7.63. The molecule has 102 valence electrons. The number of fused-ring (bicyclic) bond motifs is 2. The molecule has 0 heterocycles. The highest BCUT2D eigenvalue weighted by Crippen LogP contribution is 2.48. The molecule has 0 aliphatic heterocycles. The summed E-state index contributed by atoms with van der Waals surface area (Å²) in [6.45, 7) is 1.03. The van der Waals surface area contributed by atoms with Gasteiger partial charge in [-0.3, -0.25) is 0 Å². The molecule has 0 aromatic heterocycles. The number of benzene rings is 1. The summed E-state index contributed by atoms with van der Waals surface area (Å²) in [5.74, 6) is 2.73. The van der Waals surface area contributed by atoms with Gasteiger partial charge >= 0.3 is 0 Å². The van der Waals surface area contributed by atoms with Crippen LogP contribution in [0.3, 0.4) is 0 Å². The van der Waals surface area contributed by atoms with Crippen molar-refractivity contribution in [1.29, 1.82) is 0 Å². The molecule has 1 aromatic carbocycles. The van der Waals surface area contributed by atoms with E-state index in [0.717, 1.165) is 35.5 Å². The molecule has 2 aliphatic rings. The highest BCUT2D eigenvalue weighted by atomic mass is 35.5. The van der Waals surface area contributed by atoms with E-state index in [2.05, 4.69) is 5.32 Å². The predicted molar refractivity (Wildman–Crippen MR) is 84.8 cm³/mol. The van der Waals surface area contributed by atoms with Crippen LogP contribution in [-0.4, -0.2) is 11.5 Å². The van der Waals surface area contributed by atoms with Gasteiger partial charge in [0.15, 0.2) is 0 Å². The zero-order valence-electron chi connectivity index (χ0n) is 10.9. The van der Waals surface area contributed by atoms with Crippen molar-refractivity contribution in [3.05, 3.63) is 28.8 Å². The first-order chi connectivity index (χ1) is 9.13. The summed E-state index contributed by atoms with van der Waals surface area (Å²) in [7, 11) is 0. The van der Waals surface area contributed by atoms with Crippen LogP contribution in [0.15, 0.2) is 18.2 Å². The van der Waals surface area contributed by atoms with E-state index in [1.54, 1.807) is 0 Å². The van der Waals surface area contributed by atoms with Gasteiger partial charge < -0.3 is 11.1 Å². The largest absolute Gasteiger partial charge is 0.389 e. The van der Waals surface area contributed by atoms with Crippen molar-refractivity contribution in [2.24, 2.45) is 23.5 Å². The second-order valence-corrected chi connectivity index (χ2v) is 6.75. The highest BCUT2D eigenvalue weighted by molar-refractivity contribution is 7.80. The lowest BCUT2D eigenvalue weighted by Crippen LogP contribution is -2.21. The van der Waals surface area contributed by atoms with Crippen molar-refractivity contribution >= 4 is 34.5 Å². The number of nitrogens with two attached hydrogens (primary N) is 1. The van der Waals surface area contributed by atoms with Crippen molar-refractivity contribution in [2.75, 3.05) is 11.9 Å². The quantitative estimate of drug-likeness (QED) is 0.829. The molecule has 3 atom stereocenters. The van der Waals surface area contributed by atoms with E-state index in [4.69, 9.17) is 29.6 Å². The molecule has 3 unspecified atom stereocenters.